The second-order valence-corrected chi connectivity index (χ2v) is 8.30. The molecule has 0 unspecified atom stereocenters. The Morgan fingerprint density at radius 2 is 1.18 bits per heavy atom. The molecule has 4 rings (SSSR count). The molecule has 4 aromatic rings. The predicted octanol–water partition coefficient (Wildman–Crippen LogP) is 2.38. The van der Waals surface area contributed by atoms with Crippen LogP contribution in [-0.4, -0.2) is 14.1 Å². The fraction of sp³-hybridized carbons (Fsp3) is 0.0741. The summed E-state index contributed by atoms with van der Waals surface area (Å²) in [5.74, 6) is 1.68. The van der Waals surface area contributed by atoms with Crippen LogP contribution >= 0.6 is 0 Å². The summed E-state index contributed by atoms with van der Waals surface area (Å²) in [6, 6.07) is 33.3. The molecule has 0 atom stereocenters. The number of hydrogen-bond acceptors (Lipinski definition) is 5. The van der Waals surface area contributed by atoms with Gasteiger partial charge in [0.25, 0.3) is 0 Å². The van der Waals surface area contributed by atoms with E-state index in [2.05, 4.69) is 83.8 Å². The van der Waals surface area contributed by atoms with Gasteiger partial charge >= 0.3 is 11.5 Å². The summed E-state index contributed by atoms with van der Waals surface area (Å²) in [6.45, 7) is 0. The van der Waals surface area contributed by atoms with Crippen molar-refractivity contribution in [1.82, 2.24) is 0 Å². The highest BCUT2D eigenvalue weighted by Crippen LogP contribution is 2.29. The molecule has 0 radical (unpaired) electrons. The number of benzene rings is 3. The summed E-state index contributed by atoms with van der Waals surface area (Å²) in [7, 11) is -0.853. The molecule has 1 heterocycles. The highest BCUT2D eigenvalue weighted by atomic mass is 35.7. The summed E-state index contributed by atoms with van der Waals surface area (Å²) in [5, 5.41) is 0. The van der Waals surface area contributed by atoms with E-state index in [-0.39, 0.29) is 0 Å². The standard InChI is InChI=1S/C27H24NO.ClHO4/c1-28(2)25-16-13-21(14-17-25)15-18-26-19-24(22-9-5-3-6-10-22)20-27(29-26)23-11-7-4-8-12-23;2-1(3,4)5/h3-20H,1-2H3;(H,2,3,4,5)/q+1;/p-1/b18-15+;. The van der Waals surface area contributed by atoms with Crippen LogP contribution in [0.5, 0.6) is 0 Å². The van der Waals surface area contributed by atoms with E-state index in [0.29, 0.717) is 0 Å². The van der Waals surface area contributed by atoms with Gasteiger partial charge in [-0.05, 0) is 41.5 Å². The molecule has 0 saturated carbocycles. The molecule has 0 aliphatic heterocycles. The van der Waals surface area contributed by atoms with Gasteiger partial charge in [-0.25, -0.2) is 23.1 Å². The molecular weight excluding hydrogens is 454 g/mol. The van der Waals surface area contributed by atoms with Crippen molar-refractivity contribution < 1.29 is 33.3 Å². The lowest BCUT2D eigenvalue weighted by molar-refractivity contribution is -2.00. The third-order valence-corrected chi connectivity index (χ3v) is 4.83. The van der Waals surface area contributed by atoms with Gasteiger partial charge in [-0.15, -0.1) is 10.2 Å². The van der Waals surface area contributed by atoms with E-state index in [1.807, 2.05) is 44.4 Å². The van der Waals surface area contributed by atoms with Crippen LogP contribution in [0, 0.1) is 10.2 Å². The number of nitrogens with zero attached hydrogens (tertiary/aromatic N) is 1. The molecule has 174 valence electrons. The van der Waals surface area contributed by atoms with Crippen LogP contribution in [0.2, 0.25) is 0 Å². The maximum absolute atomic E-state index is 8.49. The zero-order valence-electron chi connectivity index (χ0n) is 18.8. The first-order chi connectivity index (χ1) is 16.2. The normalized spacial score (nSPS) is 11.1. The van der Waals surface area contributed by atoms with Crippen LogP contribution in [0.25, 0.3) is 34.6 Å². The second-order valence-electron chi connectivity index (χ2n) is 7.54. The van der Waals surface area contributed by atoms with Gasteiger partial charge < -0.3 is 4.90 Å². The zero-order valence-corrected chi connectivity index (χ0v) is 19.5. The Hall–Kier alpha value is -3.52. The summed E-state index contributed by atoms with van der Waals surface area (Å²) in [6.07, 6.45) is 4.12. The van der Waals surface area contributed by atoms with Gasteiger partial charge in [0.05, 0.1) is 17.7 Å². The van der Waals surface area contributed by atoms with Crippen molar-refractivity contribution in [3.05, 3.63) is 108 Å². The van der Waals surface area contributed by atoms with E-state index in [9.17, 15) is 0 Å². The van der Waals surface area contributed by atoms with Crippen LogP contribution in [0.1, 0.15) is 11.3 Å². The van der Waals surface area contributed by atoms with Gasteiger partial charge in [0.1, 0.15) is 0 Å². The largest absolute Gasteiger partial charge is 0.378 e. The quantitative estimate of drug-likeness (QED) is 0.408. The average Bonchev–Trinajstić information content (AvgIpc) is 2.83. The lowest BCUT2D eigenvalue weighted by Crippen LogP contribution is -2.68. The Balaban J connectivity index is 0.000000588. The minimum absolute atomic E-state index is 0.821. The van der Waals surface area contributed by atoms with Gasteiger partial charge in [-0.3, -0.25) is 0 Å². The molecular formula is C27H24ClNO5. The van der Waals surface area contributed by atoms with Gasteiger partial charge in [0, 0.05) is 31.4 Å². The van der Waals surface area contributed by atoms with Gasteiger partial charge in [0.15, 0.2) is 0 Å². The Kier molecular flexibility index (Phi) is 8.54. The first-order valence-electron chi connectivity index (χ1n) is 10.4. The monoisotopic (exact) mass is 477 g/mol. The van der Waals surface area contributed by atoms with E-state index in [0.717, 1.165) is 28.2 Å². The lowest BCUT2D eigenvalue weighted by Gasteiger charge is -2.17. The lowest BCUT2D eigenvalue weighted by atomic mass is 10.0. The molecule has 0 N–H and O–H groups in total. The Bertz CT molecular complexity index is 1140. The molecule has 0 fully saturated rings. The molecule has 0 bridgehead atoms. The third-order valence-electron chi connectivity index (χ3n) is 4.83. The molecule has 0 amide bonds. The van der Waals surface area contributed by atoms with Gasteiger partial charge in [0.2, 0.25) is 0 Å². The van der Waals surface area contributed by atoms with E-state index >= 15 is 0 Å². The second kappa shape index (κ2) is 11.6. The number of hydrogen-bond donors (Lipinski definition) is 0. The van der Waals surface area contributed by atoms with Crippen LogP contribution in [0.15, 0.2) is 101 Å². The number of halogens is 1. The number of anilines is 1. The van der Waals surface area contributed by atoms with E-state index in [1.165, 1.54) is 11.3 Å². The first kappa shape index (κ1) is 25.1. The van der Waals surface area contributed by atoms with E-state index < -0.39 is 10.2 Å². The van der Waals surface area contributed by atoms with Gasteiger partial charge in [-0.2, -0.15) is 0 Å². The SMILES string of the molecule is CN(C)c1ccc(/C=C/c2cc(-c3ccccc3)cc(-c3ccccc3)[o+]2)cc1.[O-][Cl+3]([O-])([O-])[O-]. The number of rotatable bonds is 5. The predicted molar refractivity (Wildman–Crippen MR) is 124 cm³/mol. The Labute approximate surface area is 201 Å². The van der Waals surface area contributed by atoms with Crippen molar-refractivity contribution in [2.75, 3.05) is 19.0 Å². The van der Waals surface area contributed by atoms with Crippen LogP contribution in [-0.2, 0) is 0 Å². The van der Waals surface area contributed by atoms with E-state index in [4.69, 9.17) is 23.1 Å². The molecule has 0 aliphatic carbocycles. The zero-order chi connectivity index (χ0) is 24.6. The Morgan fingerprint density at radius 3 is 1.71 bits per heavy atom. The fourth-order valence-electron chi connectivity index (χ4n) is 3.21. The molecule has 3 aromatic carbocycles. The molecule has 34 heavy (non-hydrogen) atoms. The van der Waals surface area contributed by atoms with Crippen LogP contribution in [0.3, 0.4) is 0 Å². The highest BCUT2D eigenvalue weighted by Gasteiger charge is 2.17. The Morgan fingerprint density at radius 1 is 0.647 bits per heavy atom. The smallest absolute Gasteiger partial charge is 0.361 e. The highest BCUT2D eigenvalue weighted by molar-refractivity contribution is 5.75. The summed E-state index contributed by atoms with van der Waals surface area (Å²) in [5.41, 5.74) is 5.69. The van der Waals surface area contributed by atoms with Crippen molar-refractivity contribution in [3.63, 3.8) is 0 Å². The fourth-order valence-corrected chi connectivity index (χ4v) is 3.21. The summed E-state index contributed by atoms with van der Waals surface area (Å²) >= 11 is 0. The van der Waals surface area contributed by atoms with Crippen molar-refractivity contribution >= 4 is 17.8 Å². The summed E-state index contributed by atoms with van der Waals surface area (Å²) < 4.78 is 40.2. The van der Waals surface area contributed by atoms with Crippen LogP contribution in [0.4, 0.5) is 5.69 Å². The molecule has 0 spiro atoms. The topological polar surface area (TPSA) is 107 Å². The maximum Gasteiger partial charge on any atom is 0.361 e. The molecule has 0 saturated heterocycles. The van der Waals surface area contributed by atoms with Crippen molar-refractivity contribution in [3.8, 4) is 22.5 Å². The summed E-state index contributed by atoms with van der Waals surface area (Å²) in [4.78, 5) is 2.10. The van der Waals surface area contributed by atoms with Crippen molar-refractivity contribution in [1.29, 1.82) is 0 Å². The third kappa shape index (κ3) is 8.12. The van der Waals surface area contributed by atoms with Crippen LogP contribution < -0.4 is 23.5 Å². The van der Waals surface area contributed by atoms with Crippen molar-refractivity contribution in [2.45, 2.75) is 0 Å². The molecule has 1 aromatic heterocycles. The minimum atomic E-state index is -4.94. The maximum atomic E-state index is 8.49. The van der Waals surface area contributed by atoms with Gasteiger partial charge in [-0.1, -0.05) is 60.7 Å². The first-order valence-corrected chi connectivity index (χ1v) is 11.6. The average molecular weight is 478 g/mol. The van der Waals surface area contributed by atoms with Crippen molar-refractivity contribution in [2.24, 2.45) is 0 Å². The minimum Gasteiger partial charge on any atom is -0.378 e. The molecule has 6 nitrogen and oxygen atoms in total. The van der Waals surface area contributed by atoms with E-state index in [1.54, 1.807) is 0 Å². The molecule has 7 heteroatoms. The molecule has 0 aliphatic rings.